The molecule has 3 rings (SSSR count). The van der Waals surface area contributed by atoms with Crippen molar-refractivity contribution < 1.29 is 5.11 Å². The van der Waals surface area contributed by atoms with Gasteiger partial charge in [-0.25, -0.2) is 9.97 Å². The highest BCUT2D eigenvalue weighted by molar-refractivity contribution is 7.98. The molecule has 2 N–H and O–H groups in total. The average molecular weight is 332 g/mol. The summed E-state index contributed by atoms with van der Waals surface area (Å²) in [6.45, 7) is 0.00586. The van der Waals surface area contributed by atoms with Crippen molar-refractivity contribution in [3.05, 3.63) is 53.3 Å². The Balaban J connectivity index is 1.61. The van der Waals surface area contributed by atoms with E-state index in [9.17, 15) is 5.11 Å². The van der Waals surface area contributed by atoms with E-state index in [1.54, 1.807) is 29.3 Å². The summed E-state index contributed by atoms with van der Waals surface area (Å²) in [5, 5.41) is 16.3. The molecule has 0 aliphatic carbocycles. The van der Waals surface area contributed by atoms with Gasteiger partial charge in [0.1, 0.15) is 0 Å². The zero-order valence-electron chi connectivity index (χ0n) is 12.1. The van der Waals surface area contributed by atoms with Gasteiger partial charge in [-0.1, -0.05) is 30.0 Å². The molecule has 0 aliphatic rings. The SMILES string of the molecule is Cn1c(CO)cnc1SCc1csc(Nc2ccccc2)n1. The van der Waals surface area contributed by atoms with Crippen molar-refractivity contribution >= 4 is 33.9 Å². The normalized spacial score (nSPS) is 10.8. The maximum atomic E-state index is 9.17. The molecule has 0 fully saturated rings. The fourth-order valence-electron chi connectivity index (χ4n) is 1.92. The van der Waals surface area contributed by atoms with Gasteiger partial charge in [-0.15, -0.1) is 11.3 Å². The number of rotatable bonds is 6. The molecule has 0 unspecified atom stereocenters. The molecule has 1 aromatic carbocycles. The van der Waals surface area contributed by atoms with Crippen LogP contribution in [0.5, 0.6) is 0 Å². The molecular weight excluding hydrogens is 316 g/mol. The number of hydrogen-bond donors (Lipinski definition) is 2. The van der Waals surface area contributed by atoms with E-state index in [1.165, 1.54) is 0 Å². The summed E-state index contributed by atoms with van der Waals surface area (Å²) < 4.78 is 1.90. The van der Waals surface area contributed by atoms with Crippen molar-refractivity contribution in [2.75, 3.05) is 5.32 Å². The molecule has 0 bridgehead atoms. The second kappa shape index (κ2) is 6.95. The Morgan fingerprint density at radius 1 is 1.32 bits per heavy atom. The molecule has 0 saturated heterocycles. The number of imidazole rings is 1. The van der Waals surface area contributed by atoms with Crippen LogP contribution in [0.1, 0.15) is 11.4 Å². The molecule has 7 heteroatoms. The highest BCUT2D eigenvalue weighted by atomic mass is 32.2. The molecular formula is C15H16N4OS2. The Labute approximate surface area is 137 Å². The number of nitrogens with zero attached hydrogens (tertiary/aromatic N) is 3. The minimum atomic E-state index is 0.00586. The van der Waals surface area contributed by atoms with Gasteiger partial charge in [-0.3, -0.25) is 0 Å². The van der Waals surface area contributed by atoms with Crippen LogP contribution < -0.4 is 5.32 Å². The van der Waals surface area contributed by atoms with Crippen LogP contribution in [0.15, 0.2) is 47.1 Å². The summed E-state index contributed by atoms with van der Waals surface area (Å²) in [5.41, 5.74) is 2.86. The molecule has 5 nitrogen and oxygen atoms in total. The number of para-hydroxylation sites is 1. The Morgan fingerprint density at radius 3 is 2.86 bits per heavy atom. The first-order valence-electron chi connectivity index (χ1n) is 6.77. The van der Waals surface area contributed by atoms with Gasteiger partial charge in [0.05, 0.1) is 24.2 Å². The minimum Gasteiger partial charge on any atom is -0.390 e. The molecule has 0 spiro atoms. The summed E-state index contributed by atoms with van der Waals surface area (Å²) in [6, 6.07) is 10.0. The van der Waals surface area contributed by atoms with Crippen LogP contribution in [-0.2, 0) is 19.4 Å². The number of aromatic nitrogens is 3. The standard InChI is InChI=1S/C15H16N4OS2/c1-19-13(8-20)7-16-15(19)22-10-12-9-21-14(18-12)17-11-5-3-2-4-6-11/h2-7,9,20H,8,10H2,1H3,(H,17,18). The summed E-state index contributed by atoms with van der Waals surface area (Å²) in [5.74, 6) is 0.753. The number of anilines is 2. The second-order valence-electron chi connectivity index (χ2n) is 4.67. The predicted octanol–water partition coefficient (Wildman–Crippen LogP) is 3.40. The number of aliphatic hydroxyl groups is 1. The first-order chi connectivity index (χ1) is 10.8. The van der Waals surface area contributed by atoms with E-state index in [2.05, 4.69) is 15.3 Å². The van der Waals surface area contributed by atoms with Crippen molar-refractivity contribution in [3.8, 4) is 0 Å². The molecule has 22 heavy (non-hydrogen) atoms. The van der Waals surface area contributed by atoms with Gasteiger partial charge in [0, 0.05) is 23.9 Å². The van der Waals surface area contributed by atoms with Crippen molar-refractivity contribution in [2.24, 2.45) is 7.05 Å². The zero-order valence-corrected chi connectivity index (χ0v) is 13.7. The summed E-state index contributed by atoms with van der Waals surface area (Å²) in [4.78, 5) is 8.88. The second-order valence-corrected chi connectivity index (χ2v) is 6.47. The van der Waals surface area contributed by atoms with Crippen LogP contribution in [0.4, 0.5) is 10.8 Å². The zero-order chi connectivity index (χ0) is 15.4. The lowest BCUT2D eigenvalue weighted by molar-refractivity contribution is 0.271. The Morgan fingerprint density at radius 2 is 2.14 bits per heavy atom. The fourth-order valence-corrected chi connectivity index (χ4v) is 3.62. The van der Waals surface area contributed by atoms with Gasteiger partial charge in [-0.05, 0) is 12.1 Å². The van der Waals surface area contributed by atoms with Gasteiger partial charge < -0.3 is 15.0 Å². The van der Waals surface area contributed by atoms with E-state index < -0.39 is 0 Å². The first-order valence-corrected chi connectivity index (χ1v) is 8.63. The number of thiazole rings is 1. The molecule has 0 amide bonds. The average Bonchev–Trinajstić information content (AvgIpc) is 3.13. The lowest BCUT2D eigenvalue weighted by atomic mass is 10.3. The summed E-state index contributed by atoms with van der Waals surface area (Å²) in [6.07, 6.45) is 1.70. The molecule has 3 aromatic rings. The summed E-state index contributed by atoms with van der Waals surface area (Å²) >= 11 is 3.20. The third-order valence-corrected chi connectivity index (χ3v) is 5.01. The van der Waals surface area contributed by atoms with Gasteiger partial charge in [0.15, 0.2) is 10.3 Å². The number of aliphatic hydroxyl groups excluding tert-OH is 1. The van der Waals surface area contributed by atoms with Crippen LogP contribution in [0, 0.1) is 0 Å². The lowest BCUT2D eigenvalue weighted by Crippen LogP contribution is -1.97. The first kappa shape index (κ1) is 15.1. The van der Waals surface area contributed by atoms with Crippen molar-refractivity contribution in [1.82, 2.24) is 14.5 Å². The number of hydrogen-bond acceptors (Lipinski definition) is 6. The lowest BCUT2D eigenvalue weighted by Gasteiger charge is -2.02. The minimum absolute atomic E-state index is 0.00586. The van der Waals surface area contributed by atoms with Crippen LogP contribution in [0.2, 0.25) is 0 Å². The maximum absolute atomic E-state index is 9.17. The highest BCUT2D eigenvalue weighted by Gasteiger charge is 2.08. The van der Waals surface area contributed by atoms with Crippen LogP contribution in [-0.4, -0.2) is 19.6 Å². The quantitative estimate of drug-likeness (QED) is 0.677. The monoisotopic (exact) mass is 332 g/mol. The molecule has 0 aliphatic heterocycles. The molecule has 0 radical (unpaired) electrons. The van der Waals surface area contributed by atoms with Crippen molar-refractivity contribution in [3.63, 3.8) is 0 Å². The fraction of sp³-hybridized carbons (Fsp3) is 0.200. The third-order valence-electron chi connectivity index (χ3n) is 3.13. The molecule has 0 atom stereocenters. The number of nitrogens with one attached hydrogen (secondary N) is 1. The molecule has 2 aromatic heterocycles. The maximum Gasteiger partial charge on any atom is 0.187 e. The molecule has 2 heterocycles. The van der Waals surface area contributed by atoms with E-state index in [0.717, 1.165) is 33.1 Å². The van der Waals surface area contributed by atoms with Crippen molar-refractivity contribution in [2.45, 2.75) is 17.5 Å². The third kappa shape index (κ3) is 3.49. The van der Waals surface area contributed by atoms with Gasteiger partial charge in [0.25, 0.3) is 0 Å². The Bertz CT molecular complexity index is 739. The van der Waals surface area contributed by atoms with Crippen LogP contribution >= 0.6 is 23.1 Å². The largest absolute Gasteiger partial charge is 0.390 e. The van der Waals surface area contributed by atoms with E-state index in [4.69, 9.17) is 0 Å². The van der Waals surface area contributed by atoms with Crippen LogP contribution in [0.25, 0.3) is 0 Å². The van der Waals surface area contributed by atoms with Crippen LogP contribution in [0.3, 0.4) is 0 Å². The van der Waals surface area contributed by atoms with E-state index >= 15 is 0 Å². The van der Waals surface area contributed by atoms with Gasteiger partial charge >= 0.3 is 0 Å². The number of benzene rings is 1. The van der Waals surface area contributed by atoms with E-state index in [-0.39, 0.29) is 6.61 Å². The number of thioether (sulfide) groups is 1. The van der Waals surface area contributed by atoms with Gasteiger partial charge in [-0.2, -0.15) is 0 Å². The van der Waals surface area contributed by atoms with E-state index in [0.29, 0.717) is 0 Å². The highest BCUT2D eigenvalue weighted by Crippen LogP contribution is 2.26. The molecule has 114 valence electrons. The predicted molar refractivity (Wildman–Crippen MR) is 90.5 cm³/mol. The van der Waals surface area contributed by atoms with Crippen molar-refractivity contribution in [1.29, 1.82) is 0 Å². The summed E-state index contributed by atoms with van der Waals surface area (Å²) in [7, 11) is 1.91. The van der Waals surface area contributed by atoms with Gasteiger partial charge in [0.2, 0.25) is 0 Å². The van der Waals surface area contributed by atoms with E-state index in [1.807, 2.05) is 47.3 Å². The topological polar surface area (TPSA) is 63.0 Å². The Kier molecular flexibility index (Phi) is 4.77. The molecule has 0 saturated carbocycles. The Hall–Kier alpha value is -1.83. The smallest absolute Gasteiger partial charge is 0.187 e.